The van der Waals surface area contributed by atoms with Crippen LogP contribution in [0.1, 0.15) is 18.6 Å². The molecule has 0 fully saturated rings. The van der Waals surface area contributed by atoms with Crippen LogP contribution in [0.2, 0.25) is 0 Å². The van der Waals surface area contributed by atoms with Gasteiger partial charge in [0.25, 0.3) is 0 Å². The van der Waals surface area contributed by atoms with Crippen molar-refractivity contribution in [1.29, 1.82) is 0 Å². The van der Waals surface area contributed by atoms with Crippen LogP contribution in [0.25, 0.3) is 0 Å². The van der Waals surface area contributed by atoms with E-state index in [-0.39, 0.29) is 5.82 Å². The fourth-order valence-corrected chi connectivity index (χ4v) is 3.34. The van der Waals surface area contributed by atoms with E-state index in [1.807, 2.05) is 24.3 Å². The topological polar surface area (TPSA) is 20.2 Å². The first-order valence-corrected chi connectivity index (χ1v) is 7.08. The second-order valence-corrected chi connectivity index (χ2v) is 5.92. The van der Waals surface area contributed by atoms with Crippen LogP contribution in [0.4, 0.5) is 4.39 Å². The number of aliphatic hydroxyl groups excluding tert-OH is 1. The van der Waals surface area contributed by atoms with E-state index >= 15 is 0 Å². The van der Waals surface area contributed by atoms with E-state index in [0.29, 0.717) is 0 Å². The molecule has 2 aromatic rings. The van der Waals surface area contributed by atoms with E-state index in [9.17, 15) is 9.50 Å². The van der Waals surface area contributed by atoms with Gasteiger partial charge in [0, 0.05) is 14.3 Å². The highest BCUT2D eigenvalue weighted by molar-refractivity contribution is 9.10. The van der Waals surface area contributed by atoms with Gasteiger partial charge in [-0.2, -0.15) is 0 Å². The van der Waals surface area contributed by atoms with E-state index in [1.54, 1.807) is 13.0 Å². The first-order chi connectivity index (χ1) is 8.56. The van der Waals surface area contributed by atoms with Crippen molar-refractivity contribution in [3.05, 3.63) is 58.3 Å². The summed E-state index contributed by atoms with van der Waals surface area (Å²) in [6, 6.07) is 12.2. The Morgan fingerprint density at radius 2 is 1.89 bits per heavy atom. The van der Waals surface area contributed by atoms with E-state index in [1.165, 1.54) is 23.9 Å². The molecule has 0 saturated heterocycles. The van der Waals surface area contributed by atoms with Gasteiger partial charge < -0.3 is 5.11 Å². The monoisotopic (exact) mass is 326 g/mol. The van der Waals surface area contributed by atoms with Crippen LogP contribution in [-0.2, 0) is 0 Å². The van der Waals surface area contributed by atoms with Gasteiger partial charge >= 0.3 is 0 Å². The van der Waals surface area contributed by atoms with Gasteiger partial charge in [-0.25, -0.2) is 4.39 Å². The summed E-state index contributed by atoms with van der Waals surface area (Å²) in [6.45, 7) is 1.72. The van der Waals surface area contributed by atoms with E-state index in [4.69, 9.17) is 0 Å². The molecule has 1 N–H and O–H groups in total. The quantitative estimate of drug-likeness (QED) is 0.874. The summed E-state index contributed by atoms with van der Waals surface area (Å²) in [7, 11) is 0. The third-order valence-electron chi connectivity index (χ3n) is 2.45. The smallest absolute Gasteiger partial charge is 0.124 e. The summed E-state index contributed by atoms with van der Waals surface area (Å²) in [4.78, 5) is 1.85. The van der Waals surface area contributed by atoms with E-state index < -0.39 is 6.10 Å². The number of aliphatic hydroxyl groups is 1. The van der Waals surface area contributed by atoms with Crippen molar-refractivity contribution < 1.29 is 9.50 Å². The molecule has 0 bridgehead atoms. The lowest BCUT2D eigenvalue weighted by atomic mass is 10.1. The maximum atomic E-state index is 13.1. The molecule has 0 amide bonds. The zero-order chi connectivity index (χ0) is 13.1. The standard InChI is InChI=1S/C14H12BrFOS/c1-9(17)13-6-5-12(8-14(13)15)18-11-4-2-3-10(16)7-11/h2-9,17H,1H3. The molecular formula is C14H12BrFOS. The van der Waals surface area contributed by atoms with Crippen LogP contribution in [0, 0.1) is 5.82 Å². The summed E-state index contributed by atoms with van der Waals surface area (Å²) in [5, 5.41) is 9.54. The normalized spacial score (nSPS) is 12.4. The Bertz CT molecular complexity index is 557. The molecule has 94 valence electrons. The maximum Gasteiger partial charge on any atom is 0.124 e. The van der Waals surface area contributed by atoms with Crippen LogP contribution in [0.3, 0.4) is 0 Å². The first-order valence-electron chi connectivity index (χ1n) is 5.47. The molecule has 0 spiro atoms. The highest BCUT2D eigenvalue weighted by atomic mass is 79.9. The first kappa shape index (κ1) is 13.6. The van der Waals surface area contributed by atoms with Crippen molar-refractivity contribution in [2.24, 2.45) is 0 Å². The summed E-state index contributed by atoms with van der Waals surface area (Å²) in [5.74, 6) is -0.236. The van der Waals surface area contributed by atoms with Crippen LogP contribution in [-0.4, -0.2) is 5.11 Å². The molecule has 18 heavy (non-hydrogen) atoms. The number of rotatable bonds is 3. The fraction of sp³-hybridized carbons (Fsp3) is 0.143. The van der Waals surface area contributed by atoms with Gasteiger partial charge in [-0.15, -0.1) is 0 Å². The lowest BCUT2D eigenvalue weighted by Gasteiger charge is -2.09. The van der Waals surface area contributed by atoms with Gasteiger partial charge in [0.2, 0.25) is 0 Å². The zero-order valence-electron chi connectivity index (χ0n) is 9.73. The Balaban J connectivity index is 2.23. The molecule has 0 aliphatic carbocycles. The van der Waals surface area contributed by atoms with Gasteiger partial charge in [0.05, 0.1) is 6.10 Å². The van der Waals surface area contributed by atoms with Crippen molar-refractivity contribution in [3.8, 4) is 0 Å². The highest BCUT2D eigenvalue weighted by Crippen LogP contribution is 2.33. The summed E-state index contributed by atoms with van der Waals surface area (Å²) >= 11 is 4.91. The van der Waals surface area contributed by atoms with E-state index in [2.05, 4.69) is 15.9 Å². The minimum atomic E-state index is -0.507. The van der Waals surface area contributed by atoms with Crippen molar-refractivity contribution in [1.82, 2.24) is 0 Å². The molecule has 1 nitrogen and oxygen atoms in total. The predicted molar refractivity (Wildman–Crippen MR) is 75.3 cm³/mol. The van der Waals surface area contributed by atoms with Crippen LogP contribution in [0.5, 0.6) is 0 Å². The average Bonchev–Trinajstić information content (AvgIpc) is 2.28. The third-order valence-corrected chi connectivity index (χ3v) is 4.12. The molecule has 0 aromatic heterocycles. The molecule has 0 saturated carbocycles. The summed E-state index contributed by atoms with van der Waals surface area (Å²) in [6.07, 6.45) is -0.507. The van der Waals surface area contributed by atoms with Crippen LogP contribution >= 0.6 is 27.7 Å². The summed E-state index contributed by atoms with van der Waals surface area (Å²) < 4.78 is 13.9. The number of benzene rings is 2. The SMILES string of the molecule is CC(O)c1ccc(Sc2cccc(F)c2)cc1Br. The number of hydrogen-bond acceptors (Lipinski definition) is 2. The molecule has 0 aliphatic rings. The van der Waals surface area contributed by atoms with Crippen LogP contribution < -0.4 is 0 Å². The Kier molecular flexibility index (Phi) is 4.43. The number of hydrogen-bond donors (Lipinski definition) is 1. The predicted octanol–water partition coefficient (Wildman–Crippen LogP) is 4.79. The highest BCUT2D eigenvalue weighted by Gasteiger charge is 2.07. The van der Waals surface area contributed by atoms with E-state index in [0.717, 1.165) is 19.8 Å². The van der Waals surface area contributed by atoms with Crippen molar-refractivity contribution in [3.63, 3.8) is 0 Å². The minimum absolute atomic E-state index is 0.236. The fourth-order valence-electron chi connectivity index (χ4n) is 1.58. The van der Waals surface area contributed by atoms with Gasteiger partial charge in [0.15, 0.2) is 0 Å². The third kappa shape index (κ3) is 3.34. The Morgan fingerprint density at radius 3 is 2.50 bits per heavy atom. The van der Waals surface area contributed by atoms with Crippen LogP contribution in [0.15, 0.2) is 56.7 Å². The summed E-state index contributed by atoms with van der Waals surface area (Å²) in [5.41, 5.74) is 0.846. The second kappa shape index (κ2) is 5.87. The molecule has 1 unspecified atom stereocenters. The van der Waals surface area contributed by atoms with Crippen molar-refractivity contribution in [2.45, 2.75) is 22.8 Å². The Morgan fingerprint density at radius 1 is 1.17 bits per heavy atom. The van der Waals surface area contributed by atoms with Gasteiger partial charge in [0.1, 0.15) is 5.82 Å². The number of halogens is 2. The second-order valence-electron chi connectivity index (χ2n) is 3.92. The van der Waals surface area contributed by atoms with Gasteiger partial charge in [-0.05, 0) is 42.8 Å². The molecule has 2 rings (SSSR count). The molecule has 0 aliphatic heterocycles. The van der Waals surface area contributed by atoms with Gasteiger partial charge in [-0.3, -0.25) is 0 Å². The lowest BCUT2D eigenvalue weighted by molar-refractivity contribution is 0.198. The average molecular weight is 327 g/mol. The molecule has 4 heteroatoms. The Labute approximate surface area is 118 Å². The largest absolute Gasteiger partial charge is 0.389 e. The Hall–Kier alpha value is -0.840. The molecule has 2 aromatic carbocycles. The van der Waals surface area contributed by atoms with Crippen molar-refractivity contribution in [2.75, 3.05) is 0 Å². The lowest BCUT2D eigenvalue weighted by Crippen LogP contribution is -1.92. The van der Waals surface area contributed by atoms with Gasteiger partial charge in [-0.1, -0.05) is 39.8 Å². The minimum Gasteiger partial charge on any atom is -0.389 e. The van der Waals surface area contributed by atoms with Crippen molar-refractivity contribution >= 4 is 27.7 Å². The molecule has 1 atom stereocenters. The molecule has 0 radical (unpaired) electrons. The molecular weight excluding hydrogens is 315 g/mol. The molecule has 0 heterocycles. The maximum absolute atomic E-state index is 13.1. The zero-order valence-corrected chi connectivity index (χ0v) is 12.1.